The van der Waals surface area contributed by atoms with Crippen molar-refractivity contribution >= 4 is 34.3 Å². The van der Waals surface area contributed by atoms with Gasteiger partial charge in [-0.15, -0.1) is 0 Å². The Morgan fingerprint density at radius 2 is 1.50 bits per heavy atom. The van der Waals surface area contributed by atoms with Gasteiger partial charge >= 0.3 is 0 Å². The van der Waals surface area contributed by atoms with E-state index in [1.807, 2.05) is 60.8 Å². The number of anilines is 2. The van der Waals surface area contributed by atoms with Crippen molar-refractivity contribution in [2.45, 2.75) is 12.6 Å². The third kappa shape index (κ3) is 2.88. The van der Waals surface area contributed by atoms with Gasteiger partial charge < -0.3 is 14.6 Å². The lowest BCUT2D eigenvalue weighted by molar-refractivity contribution is 0.155. The lowest BCUT2D eigenvalue weighted by Crippen LogP contribution is -2.38. The number of hydrogen-bond acceptors (Lipinski definition) is 3. The fourth-order valence-electron chi connectivity index (χ4n) is 3.97. The van der Waals surface area contributed by atoms with Crippen LogP contribution in [0.25, 0.3) is 10.9 Å². The van der Waals surface area contributed by atoms with Gasteiger partial charge in [0.15, 0.2) is 0 Å². The fraction of sp³-hybridized carbons (Fsp3) is 0.125. The van der Waals surface area contributed by atoms with E-state index in [2.05, 4.69) is 39.8 Å². The fourth-order valence-corrected chi connectivity index (χ4v) is 3.97. The van der Waals surface area contributed by atoms with Crippen molar-refractivity contribution in [3.63, 3.8) is 0 Å². The molecule has 0 radical (unpaired) electrons. The van der Waals surface area contributed by atoms with E-state index in [1.54, 1.807) is 0 Å². The molecule has 1 N–H and O–H groups in total. The van der Waals surface area contributed by atoms with E-state index >= 15 is 0 Å². The highest BCUT2D eigenvalue weighted by molar-refractivity contribution is 6.07. The maximum atomic E-state index is 10.6. The quantitative estimate of drug-likeness (QED) is 0.523. The highest BCUT2D eigenvalue weighted by Gasteiger charge is 2.29. The number of aliphatic hydroxyl groups excluding tert-OH is 1. The molecule has 0 saturated carbocycles. The minimum Gasteiger partial charge on any atom is -0.389 e. The molecule has 1 aliphatic heterocycles. The van der Waals surface area contributed by atoms with E-state index in [0.717, 1.165) is 33.7 Å². The summed E-state index contributed by atoms with van der Waals surface area (Å²) in [6, 6.07) is 28.5. The summed E-state index contributed by atoms with van der Waals surface area (Å²) >= 11 is 0. The number of para-hydroxylation sites is 3. The first-order chi connectivity index (χ1) is 13.8. The standard InChI is InChI=1S/C24H21N3O/c28-20-16-26(19-11-5-2-6-12-19)24-22(15-25-18-9-3-1-4-10-18)21-13-7-8-14-23(21)27(24)17-20/h1-15,20,28H,16-17H2. The number of β-amino-alcohol motifs (C(OH)–C–C–N with tert-alkyl or cyclic N) is 1. The highest BCUT2D eigenvalue weighted by Crippen LogP contribution is 2.38. The van der Waals surface area contributed by atoms with Crippen LogP contribution < -0.4 is 4.90 Å². The normalized spacial score (nSPS) is 16.6. The molecule has 0 fully saturated rings. The van der Waals surface area contributed by atoms with Crippen LogP contribution >= 0.6 is 0 Å². The Kier molecular flexibility index (Phi) is 4.18. The third-order valence-corrected chi connectivity index (χ3v) is 5.19. The minimum absolute atomic E-state index is 0.428. The van der Waals surface area contributed by atoms with Crippen molar-refractivity contribution in [2.75, 3.05) is 11.4 Å². The largest absolute Gasteiger partial charge is 0.389 e. The number of fused-ring (bicyclic) bond motifs is 3. The van der Waals surface area contributed by atoms with Gasteiger partial charge in [-0.3, -0.25) is 4.99 Å². The Hall–Kier alpha value is -3.37. The van der Waals surface area contributed by atoms with Gasteiger partial charge in [0, 0.05) is 22.9 Å². The van der Waals surface area contributed by atoms with Gasteiger partial charge in [0.05, 0.1) is 30.4 Å². The molecule has 5 rings (SSSR count). The topological polar surface area (TPSA) is 40.8 Å². The molecule has 1 unspecified atom stereocenters. The summed E-state index contributed by atoms with van der Waals surface area (Å²) < 4.78 is 2.21. The predicted molar refractivity (Wildman–Crippen MR) is 115 cm³/mol. The molecule has 2 heterocycles. The van der Waals surface area contributed by atoms with Crippen LogP contribution in [-0.4, -0.2) is 28.5 Å². The molecule has 4 nitrogen and oxygen atoms in total. The summed E-state index contributed by atoms with van der Waals surface area (Å²) in [6.07, 6.45) is 1.53. The molecule has 0 amide bonds. The first-order valence-electron chi connectivity index (χ1n) is 9.52. The van der Waals surface area contributed by atoms with Crippen LogP contribution in [0.5, 0.6) is 0 Å². The zero-order valence-electron chi connectivity index (χ0n) is 15.4. The van der Waals surface area contributed by atoms with Gasteiger partial charge in [0.2, 0.25) is 0 Å². The van der Waals surface area contributed by atoms with E-state index in [9.17, 15) is 5.11 Å². The summed E-state index contributed by atoms with van der Waals surface area (Å²) in [5, 5.41) is 11.7. The summed E-state index contributed by atoms with van der Waals surface area (Å²) in [4.78, 5) is 6.92. The zero-order chi connectivity index (χ0) is 18.9. The van der Waals surface area contributed by atoms with Crippen LogP contribution in [0.4, 0.5) is 17.2 Å². The molecular formula is C24H21N3O. The van der Waals surface area contributed by atoms with Crippen molar-refractivity contribution in [1.29, 1.82) is 0 Å². The van der Waals surface area contributed by atoms with Crippen LogP contribution in [0.15, 0.2) is 89.9 Å². The van der Waals surface area contributed by atoms with Crippen molar-refractivity contribution in [3.8, 4) is 0 Å². The Balaban J connectivity index is 1.73. The first kappa shape index (κ1) is 16.8. The van der Waals surface area contributed by atoms with Crippen molar-refractivity contribution in [2.24, 2.45) is 4.99 Å². The number of nitrogens with zero attached hydrogens (tertiary/aromatic N) is 3. The first-order valence-corrected chi connectivity index (χ1v) is 9.52. The number of aliphatic hydroxyl groups is 1. The highest BCUT2D eigenvalue weighted by atomic mass is 16.3. The molecule has 1 atom stereocenters. The van der Waals surface area contributed by atoms with Gasteiger partial charge in [0.1, 0.15) is 5.82 Å². The lowest BCUT2D eigenvalue weighted by atomic mass is 10.1. The summed E-state index contributed by atoms with van der Waals surface area (Å²) in [6.45, 7) is 1.14. The van der Waals surface area contributed by atoms with Crippen molar-refractivity contribution in [1.82, 2.24) is 4.57 Å². The van der Waals surface area contributed by atoms with E-state index in [1.165, 1.54) is 0 Å². The molecule has 0 bridgehead atoms. The van der Waals surface area contributed by atoms with Crippen molar-refractivity contribution < 1.29 is 5.11 Å². The van der Waals surface area contributed by atoms with Gasteiger partial charge in [-0.2, -0.15) is 0 Å². The second-order valence-corrected chi connectivity index (χ2v) is 7.06. The van der Waals surface area contributed by atoms with Gasteiger partial charge in [0.25, 0.3) is 0 Å². The number of hydrogen-bond donors (Lipinski definition) is 1. The second kappa shape index (κ2) is 6.98. The van der Waals surface area contributed by atoms with E-state index in [0.29, 0.717) is 13.1 Å². The van der Waals surface area contributed by atoms with Crippen LogP contribution in [0, 0.1) is 0 Å². The zero-order valence-corrected chi connectivity index (χ0v) is 15.4. The lowest BCUT2D eigenvalue weighted by Gasteiger charge is -2.34. The maximum Gasteiger partial charge on any atom is 0.123 e. The predicted octanol–water partition coefficient (Wildman–Crippen LogP) is 4.90. The SMILES string of the molecule is OC1CN(c2ccccc2)c2c(C=Nc3ccccc3)c3ccccc3n2C1. The molecule has 4 heteroatoms. The van der Waals surface area contributed by atoms with Gasteiger partial charge in [-0.05, 0) is 30.3 Å². The van der Waals surface area contributed by atoms with Crippen molar-refractivity contribution in [3.05, 3.63) is 90.5 Å². The molecule has 1 aromatic heterocycles. The van der Waals surface area contributed by atoms with Crippen LogP contribution in [0.2, 0.25) is 0 Å². The Bertz CT molecular complexity index is 1130. The van der Waals surface area contributed by atoms with E-state index < -0.39 is 6.10 Å². The van der Waals surface area contributed by atoms with Gasteiger partial charge in [-0.25, -0.2) is 0 Å². The third-order valence-electron chi connectivity index (χ3n) is 5.19. The van der Waals surface area contributed by atoms with Crippen LogP contribution in [0.3, 0.4) is 0 Å². The smallest absolute Gasteiger partial charge is 0.123 e. The summed E-state index contributed by atoms with van der Waals surface area (Å²) in [7, 11) is 0. The number of rotatable bonds is 3. The maximum absolute atomic E-state index is 10.6. The number of aliphatic imine (C=N–C) groups is 1. The van der Waals surface area contributed by atoms with Crippen LogP contribution in [0.1, 0.15) is 5.56 Å². The number of aromatic nitrogens is 1. The Morgan fingerprint density at radius 1 is 0.821 bits per heavy atom. The average molecular weight is 367 g/mol. The molecule has 4 aromatic rings. The second-order valence-electron chi connectivity index (χ2n) is 7.06. The molecule has 138 valence electrons. The minimum atomic E-state index is -0.428. The Labute approximate surface area is 164 Å². The molecule has 0 saturated heterocycles. The molecule has 0 spiro atoms. The van der Waals surface area contributed by atoms with Gasteiger partial charge in [-0.1, -0.05) is 54.6 Å². The molecular weight excluding hydrogens is 346 g/mol. The summed E-state index contributed by atoms with van der Waals surface area (Å²) in [5.74, 6) is 1.08. The monoisotopic (exact) mass is 367 g/mol. The molecule has 1 aliphatic rings. The molecule has 0 aliphatic carbocycles. The summed E-state index contributed by atoms with van der Waals surface area (Å²) in [5.41, 5.74) is 4.19. The molecule has 28 heavy (non-hydrogen) atoms. The van der Waals surface area contributed by atoms with Crippen LogP contribution in [-0.2, 0) is 6.54 Å². The Morgan fingerprint density at radius 3 is 2.29 bits per heavy atom. The van der Waals surface area contributed by atoms with E-state index in [-0.39, 0.29) is 0 Å². The number of benzene rings is 3. The molecule has 3 aromatic carbocycles. The van der Waals surface area contributed by atoms with E-state index in [4.69, 9.17) is 4.99 Å². The average Bonchev–Trinajstić information content (AvgIpc) is 3.06.